The molecule has 6 aromatic rings. The molecule has 8 aliphatic carbocycles. The Kier molecular flexibility index (Phi) is 35.3. The number of benzene rings is 3. The molecule has 20 rings (SSSR count). The Hall–Kier alpha value is -8.34. The molecule has 11 fully saturated rings. The molecule has 6 aliphatic heterocycles. The molecule has 3 aromatic heterocycles. The number of hydrogen-bond acceptors (Lipinski definition) is 24. The minimum absolute atomic E-state index is 0. The quantitative estimate of drug-likeness (QED) is 0.0771. The van der Waals surface area contributed by atoms with Gasteiger partial charge in [-0.1, -0.05) is 159 Å². The van der Waals surface area contributed by atoms with Crippen LogP contribution in [0.4, 0.5) is 9.59 Å². The van der Waals surface area contributed by atoms with Crippen molar-refractivity contribution in [1.29, 1.82) is 0 Å². The molecule has 18 atom stereocenters. The van der Waals surface area contributed by atoms with Crippen molar-refractivity contribution in [1.82, 2.24) is 55.2 Å². The van der Waals surface area contributed by atoms with Crippen LogP contribution in [0.3, 0.4) is 0 Å². The number of carbonyl (C=O) groups is 6. The smallest absolute Gasteiger partial charge is 0.408 e. The normalized spacial score (nSPS) is 31.6. The Labute approximate surface area is 849 Å². The Morgan fingerprint density at radius 1 is 0.428 bits per heavy atom. The molecular weight excluding hydrogens is 1870 g/mol. The number of esters is 1. The van der Waals surface area contributed by atoms with Gasteiger partial charge in [0.15, 0.2) is 0 Å². The maximum absolute atomic E-state index is 14.3. The average molecular weight is 2010 g/mol. The van der Waals surface area contributed by atoms with Gasteiger partial charge in [0.05, 0.1) is 86.4 Å². The van der Waals surface area contributed by atoms with E-state index in [-0.39, 0.29) is 141 Å². The fourth-order valence-corrected chi connectivity index (χ4v) is 23.9. The molecule has 5 amide bonds. The third kappa shape index (κ3) is 23.9. The van der Waals surface area contributed by atoms with E-state index in [2.05, 4.69) is 29.5 Å². The van der Waals surface area contributed by atoms with Crippen LogP contribution in [0.5, 0.6) is 34.9 Å². The fraction of sp³-hybridized carbons (Fsp3) is 0.689. The molecule has 14 aliphatic rings. The SMILES string of the molecule is CC[C@@H]1[C@@H]2CN(C(=O)[C@H](C(C)(C)C)NC(=O)O[C@@H]3C4CCC(CC4)[C@H]3CCCCCc3nc4ccc(OC)cc4nc3O2)[C@@H]1[C-]=O.COc1ccc2nc3c(nc2c1)O[C@H]1CN(C(=O)[C@H](C(C)(C)C)CC(=O)O[C@]2(CC4CC4)C[C@H]2CCCCC3)[C@H]([C-]=O)[C@@H]1C.COc1ccc2nc3c(nc2c1)O[C@H]1CN(C(=O)[C@H](C(C)(C)C)NC(=O)O[C@@H]2C4CCC(CC4)[C@H]2CCCCC3)[C@H]([C-]=O)[C@@H]1C.[V].[V].[V]. The molecule has 3 saturated heterocycles. The predicted molar refractivity (Wildman–Crippen MR) is 507 cm³/mol. The van der Waals surface area contributed by atoms with Crippen LogP contribution >= 0.6 is 0 Å². The summed E-state index contributed by atoms with van der Waals surface area (Å²) in [5.74, 6) is 4.00. The number of aromatic nitrogens is 6. The number of methoxy groups -OCH3 is 3. The van der Waals surface area contributed by atoms with Gasteiger partial charge in [0, 0.05) is 79.8 Å². The topological polar surface area (TPSA) is 348 Å². The molecule has 0 unspecified atom stereocenters. The summed E-state index contributed by atoms with van der Waals surface area (Å²) in [6.45, 7) is 23.7. The number of nitrogens with one attached hydrogen (secondary N) is 2. The third-order valence-electron chi connectivity index (χ3n) is 32.1. The van der Waals surface area contributed by atoms with E-state index >= 15 is 0 Å². The summed E-state index contributed by atoms with van der Waals surface area (Å²) >= 11 is 0. The first-order valence-corrected chi connectivity index (χ1v) is 50.4. The summed E-state index contributed by atoms with van der Waals surface area (Å²) in [6.07, 6.45) is 31.5. The van der Waals surface area contributed by atoms with Gasteiger partial charge in [-0.25, -0.2) is 58.4 Å². The van der Waals surface area contributed by atoms with Gasteiger partial charge in [0.2, 0.25) is 35.4 Å². The zero-order chi connectivity index (χ0) is 95.7. The van der Waals surface area contributed by atoms with Gasteiger partial charge in [-0.3, -0.25) is 19.2 Å². The molecule has 0 spiro atoms. The van der Waals surface area contributed by atoms with Gasteiger partial charge in [-0.05, 0) is 234 Å². The number of ether oxygens (including phenoxy) is 9. The van der Waals surface area contributed by atoms with E-state index in [1.807, 2.05) is 138 Å². The number of aryl methyl sites for hydroxylation is 3. The number of hydrogen-bond donors (Lipinski definition) is 2. The van der Waals surface area contributed by atoms with Gasteiger partial charge < -0.3 is 82.3 Å². The number of fused-ring (bicyclic) bond motifs is 17. The van der Waals surface area contributed by atoms with Gasteiger partial charge >= 0.3 is 18.2 Å². The number of alkyl carbamates (subject to hydrolysis) is 2. The summed E-state index contributed by atoms with van der Waals surface area (Å²) in [6, 6.07) is 12.6. The Morgan fingerprint density at radius 2 is 0.797 bits per heavy atom. The molecule has 29 nitrogen and oxygen atoms in total. The standard InChI is InChI=1S/C36H49N4O6.C35H47N4O6.C35H46N3O6.3V/c1-6-24-29(20-41)40-19-30(24)45-33-27(37-26-17-16-23(44-5)18-28(26)38-33)11-9-7-8-10-25-21-12-14-22(15-13-21)31(25)46-35(43)39-32(34(40)42)36(2,3)4;1-20-28(19-40)39-18-29(20)44-32-26(36-25-16-15-23(43-5)17-27(25)37-32)10-8-6-7-9-24-21-11-13-22(14-12-21)30(24)45-34(42)38-31(33(39)41)35(2,3)4;1-21-29(20-39)38-19-30(21)43-32-27(36-26-14-13-24(42-5)15-28(26)37-32)10-8-6-7-9-23-18-35(23,17-22-11-12-22)44-31(40)16-25(33(38)41)34(2,3)4;;;/h16-18,21-22,24-25,29-32H,6-15,19H2,1-5H3,(H,39,43);15-17,20-22,24,28-31H,6-14,18H2,1-5H3,(H,38,42);13-15,21-23,25,29-30H,6-12,16-19H2,1-5H3;;;/q3*-1;;;/t21?,22?,24-,25+,29+,30-,31+,32+;20-,21?,22?,24+,28+,29-,30+,31+;21-,23+,25+,29+,30-,35+;;;/m000.../s1. The van der Waals surface area contributed by atoms with Crippen LogP contribution in [0, 0.1) is 87.3 Å². The van der Waals surface area contributed by atoms with Crippen molar-refractivity contribution in [3.05, 3.63) is 71.7 Å². The predicted octanol–water partition coefficient (Wildman–Crippen LogP) is 16.8. The summed E-state index contributed by atoms with van der Waals surface area (Å²) in [7, 11) is 4.84. The number of rotatable bonds is 9. The van der Waals surface area contributed by atoms with Crippen molar-refractivity contribution in [3.63, 3.8) is 0 Å². The Morgan fingerprint density at radius 3 is 1.17 bits per heavy atom. The first-order valence-electron chi connectivity index (χ1n) is 50.4. The van der Waals surface area contributed by atoms with Crippen LogP contribution < -0.4 is 39.1 Å². The molecule has 32 heteroatoms. The minimum atomic E-state index is -0.895. The van der Waals surface area contributed by atoms with Crippen molar-refractivity contribution in [2.75, 3.05) is 41.0 Å². The molecule has 10 bridgehead atoms. The van der Waals surface area contributed by atoms with Crippen molar-refractivity contribution in [2.24, 2.45) is 87.3 Å². The van der Waals surface area contributed by atoms with Gasteiger partial charge in [-0.15, -0.1) is 0 Å². The number of amides is 5. The zero-order valence-corrected chi connectivity index (χ0v) is 87.4. The first kappa shape index (κ1) is 107. The van der Waals surface area contributed by atoms with Crippen LogP contribution in [0.25, 0.3) is 33.1 Å². The van der Waals surface area contributed by atoms with Crippen LogP contribution in [0.2, 0.25) is 0 Å². The number of nitrogens with zero attached hydrogens (tertiary/aromatic N) is 9. The van der Waals surface area contributed by atoms with Crippen LogP contribution in [-0.2, 0) is 123 Å². The van der Waals surface area contributed by atoms with E-state index in [1.54, 1.807) is 26.2 Å². The maximum Gasteiger partial charge on any atom is 0.408 e. The zero-order valence-electron chi connectivity index (χ0n) is 83.2. The molecule has 2 N–H and O–H groups in total. The summed E-state index contributed by atoms with van der Waals surface area (Å²) < 4.78 is 54.8. The van der Waals surface area contributed by atoms with Gasteiger partial charge in [0.25, 0.3) is 0 Å². The van der Waals surface area contributed by atoms with Crippen LogP contribution in [0.15, 0.2) is 54.6 Å². The van der Waals surface area contributed by atoms with Crippen LogP contribution in [-0.4, -0.2) is 207 Å². The van der Waals surface area contributed by atoms with E-state index in [0.29, 0.717) is 124 Å². The molecule has 3 radical (unpaired) electrons. The second kappa shape index (κ2) is 45.5. The van der Waals surface area contributed by atoms with Crippen molar-refractivity contribution >= 4 is 87.8 Å². The van der Waals surface area contributed by atoms with Crippen LogP contribution in [0.1, 0.15) is 267 Å². The Balaban J connectivity index is 0.000000173. The van der Waals surface area contributed by atoms with Crippen molar-refractivity contribution in [2.45, 2.75) is 336 Å². The Bertz CT molecular complexity index is 5310. The summed E-state index contributed by atoms with van der Waals surface area (Å²) in [5.41, 5.74) is 4.44. The molecule has 747 valence electrons. The second-order valence-corrected chi connectivity index (χ2v) is 44.2. The van der Waals surface area contributed by atoms with Crippen molar-refractivity contribution in [3.8, 4) is 34.9 Å². The van der Waals surface area contributed by atoms with E-state index in [0.717, 1.165) is 149 Å². The molecule has 8 saturated carbocycles. The molecular formula is C106H142N11O18V3-3. The summed E-state index contributed by atoms with van der Waals surface area (Å²) in [5, 5.41) is 5.89. The molecule has 3 aromatic carbocycles. The van der Waals surface area contributed by atoms with Gasteiger partial charge in [0.1, 0.15) is 82.5 Å². The monoisotopic (exact) mass is 2010 g/mol. The van der Waals surface area contributed by atoms with E-state index in [4.69, 9.17) is 72.5 Å². The van der Waals surface area contributed by atoms with E-state index in [1.165, 1.54) is 48.3 Å². The molecule has 138 heavy (non-hydrogen) atoms. The number of carbonyl (C=O) groups excluding carboxylic acids is 9. The van der Waals surface area contributed by atoms with E-state index < -0.39 is 82.9 Å². The summed E-state index contributed by atoms with van der Waals surface area (Å²) in [4.78, 5) is 155. The average Bonchev–Trinajstić information content (AvgIpc) is 1.56. The third-order valence-corrected chi connectivity index (χ3v) is 32.1. The van der Waals surface area contributed by atoms with E-state index in [9.17, 15) is 43.2 Å². The van der Waals surface area contributed by atoms with Gasteiger partial charge in [-0.2, -0.15) is 0 Å². The molecule has 9 heterocycles. The second-order valence-electron chi connectivity index (χ2n) is 44.2. The first-order chi connectivity index (χ1) is 64.7. The maximum atomic E-state index is 14.3. The largest absolute Gasteiger partial charge is 0.540 e. The van der Waals surface area contributed by atoms with Crippen molar-refractivity contribution < 1.29 is 141 Å². The minimum Gasteiger partial charge on any atom is -0.540 e. The fourth-order valence-electron chi connectivity index (χ4n) is 23.9.